The monoisotopic (exact) mass is 834 g/mol. The molecule has 12 rings (SSSR count). The van der Waals surface area contributed by atoms with Crippen LogP contribution in [0.4, 0.5) is 5.69 Å². The van der Waals surface area contributed by atoms with Crippen LogP contribution in [0.15, 0.2) is 224 Å². The zero-order valence-electron chi connectivity index (χ0n) is 37.4. The summed E-state index contributed by atoms with van der Waals surface area (Å²) in [5.41, 5.74) is 18.4. The Bertz CT molecular complexity index is 3440. The molecule has 3 aliphatic carbocycles. The Kier molecular flexibility index (Phi) is 8.87. The Morgan fingerprint density at radius 3 is 1.91 bits per heavy atom. The van der Waals surface area contributed by atoms with E-state index < -0.39 is 0 Å². The van der Waals surface area contributed by atoms with Gasteiger partial charge in [0.15, 0.2) is 0 Å². The molecular weight excluding hydrogens is 785 g/mol. The first kappa shape index (κ1) is 39.1. The first-order chi connectivity index (χ1) is 31.7. The van der Waals surface area contributed by atoms with E-state index in [4.69, 9.17) is 4.99 Å². The minimum atomic E-state index is -0.117. The van der Waals surface area contributed by atoms with E-state index in [2.05, 4.69) is 221 Å². The Balaban J connectivity index is 1.06. The molecule has 1 heterocycles. The predicted molar refractivity (Wildman–Crippen MR) is 276 cm³/mol. The van der Waals surface area contributed by atoms with Crippen molar-refractivity contribution < 1.29 is 0 Å². The van der Waals surface area contributed by atoms with Crippen LogP contribution in [0.25, 0.3) is 66.1 Å². The molecule has 1 aliphatic heterocycles. The molecule has 0 N–H and O–H groups in total. The fourth-order valence-corrected chi connectivity index (χ4v) is 11.6. The number of allylic oxidation sites excluding steroid dienone is 7. The first-order valence-electron chi connectivity index (χ1n) is 23.0. The molecular formula is C63H50N2. The van der Waals surface area contributed by atoms with E-state index in [1.54, 1.807) is 0 Å². The lowest BCUT2D eigenvalue weighted by Gasteiger charge is -2.29. The Morgan fingerprint density at radius 2 is 1.11 bits per heavy atom. The zero-order chi connectivity index (χ0) is 44.0. The van der Waals surface area contributed by atoms with Crippen molar-refractivity contribution in [2.45, 2.75) is 44.4 Å². The second kappa shape index (κ2) is 14.8. The molecule has 0 fully saturated rings. The number of anilines is 1. The summed E-state index contributed by atoms with van der Waals surface area (Å²) in [6, 6.07) is 59.0. The van der Waals surface area contributed by atoms with Crippen LogP contribution in [-0.2, 0) is 10.8 Å². The van der Waals surface area contributed by atoms with Crippen LogP contribution in [0, 0.1) is 5.92 Å². The van der Waals surface area contributed by atoms with Gasteiger partial charge in [0.2, 0.25) is 0 Å². The number of fused-ring (bicyclic) bond motifs is 8. The summed E-state index contributed by atoms with van der Waals surface area (Å²) in [4.78, 5) is 7.16. The smallest absolute Gasteiger partial charge is 0.145 e. The molecule has 0 saturated heterocycles. The summed E-state index contributed by atoms with van der Waals surface area (Å²) in [5.74, 6) is 1.69. The molecule has 2 unspecified atom stereocenters. The van der Waals surface area contributed by atoms with Crippen molar-refractivity contribution in [3.63, 3.8) is 0 Å². The zero-order valence-corrected chi connectivity index (χ0v) is 37.4. The first-order valence-corrected chi connectivity index (χ1v) is 23.0. The summed E-state index contributed by atoms with van der Waals surface area (Å²) in [6.45, 7) is 13.9. The van der Waals surface area contributed by atoms with Crippen LogP contribution in [0.5, 0.6) is 0 Å². The van der Waals surface area contributed by atoms with E-state index in [9.17, 15) is 0 Å². The van der Waals surface area contributed by atoms with Crippen molar-refractivity contribution in [3.8, 4) is 44.5 Å². The van der Waals surface area contributed by atoms with Crippen LogP contribution in [-0.4, -0.2) is 5.84 Å². The average molecular weight is 835 g/mol. The molecule has 4 aliphatic rings. The van der Waals surface area contributed by atoms with Crippen molar-refractivity contribution >= 4 is 33.1 Å². The molecule has 0 radical (unpaired) electrons. The minimum Gasteiger partial charge on any atom is -0.301 e. The molecule has 2 atom stereocenters. The summed E-state index contributed by atoms with van der Waals surface area (Å²) >= 11 is 0. The van der Waals surface area contributed by atoms with Gasteiger partial charge >= 0.3 is 0 Å². The van der Waals surface area contributed by atoms with Crippen molar-refractivity contribution in [2.75, 3.05) is 4.90 Å². The number of hydrogen-bond donors (Lipinski definition) is 0. The maximum atomic E-state index is 5.02. The second-order valence-electron chi connectivity index (χ2n) is 19.2. The quantitative estimate of drug-likeness (QED) is 0.158. The molecule has 2 heteroatoms. The minimum absolute atomic E-state index is 0.0108. The van der Waals surface area contributed by atoms with Crippen LogP contribution in [0.2, 0.25) is 0 Å². The highest BCUT2D eigenvalue weighted by atomic mass is 15.2. The average Bonchev–Trinajstić information content (AvgIpc) is 3.70. The number of amidine groups is 1. The molecule has 0 saturated carbocycles. The standard InChI is InChI=1S/C63H50N2/c1-40-17-15-16-36-65(46-18-7-6-8-19-46)61(64-40)42-28-26-41(27-29-42)43-30-35-53-54(37-43)60(45-32-34-50-48-21-12-14-25-56(48)63(4,5)58(50)39-45)52-23-10-9-22-51(52)59(53)44-31-33-49-47-20-11-13-24-55(47)62(2,3)57(49)38-44/h6-39,47,55H,1H2,2-5H3/b17-15-,36-16-,64-61-. The van der Waals surface area contributed by atoms with Crippen LogP contribution >= 0.6 is 0 Å². The van der Waals surface area contributed by atoms with E-state index in [1.807, 2.05) is 24.3 Å². The largest absolute Gasteiger partial charge is 0.301 e. The normalized spacial score (nSPS) is 20.3. The highest BCUT2D eigenvalue weighted by molar-refractivity contribution is 6.22. The molecule has 0 bridgehead atoms. The predicted octanol–water partition coefficient (Wildman–Crippen LogP) is 16.3. The fraction of sp³-hybridized carbons (Fsp3) is 0.127. The van der Waals surface area contributed by atoms with Crippen molar-refractivity contribution in [1.29, 1.82) is 0 Å². The Hall–Kier alpha value is -7.55. The number of benzene rings is 8. The highest BCUT2D eigenvalue weighted by Gasteiger charge is 2.44. The third-order valence-electron chi connectivity index (χ3n) is 14.9. The van der Waals surface area contributed by atoms with Gasteiger partial charge in [-0.3, -0.25) is 0 Å². The molecule has 0 spiro atoms. The van der Waals surface area contributed by atoms with Crippen molar-refractivity contribution in [1.82, 2.24) is 0 Å². The van der Waals surface area contributed by atoms with Gasteiger partial charge in [-0.25, -0.2) is 4.99 Å². The van der Waals surface area contributed by atoms with E-state index >= 15 is 0 Å². The van der Waals surface area contributed by atoms with Gasteiger partial charge in [-0.05, 0) is 136 Å². The molecule has 8 aromatic rings. The summed E-state index contributed by atoms with van der Waals surface area (Å²) in [6.07, 6.45) is 17.3. The van der Waals surface area contributed by atoms with Gasteiger partial charge in [-0.2, -0.15) is 0 Å². The second-order valence-corrected chi connectivity index (χ2v) is 19.2. The lowest BCUT2D eigenvalue weighted by molar-refractivity contribution is 0.394. The maximum Gasteiger partial charge on any atom is 0.145 e. The van der Waals surface area contributed by atoms with Crippen molar-refractivity contribution in [2.24, 2.45) is 10.9 Å². The van der Waals surface area contributed by atoms with Gasteiger partial charge < -0.3 is 4.90 Å². The van der Waals surface area contributed by atoms with E-state index in [-0.39, 0.29) is 10.8 Å². The van der Waals surface area contributed by atoms with Gasteiger partial charge in [-0.1, -0.05) is 198 Å². The van der Waals surface area contributed by atoms with Gasteiger partial charge in [-0.15, -0.1) is 0 Å². The fourth-order valence-electron chi connectivity index (χ4n) is 11.6. The van der Waals surface area contributed by atoms with Gasteiger partial charge in [0, 0.05) is 28.8 Å². The Morgan fingerprint density at radius 1 is 0.492 bits per heavy atom. The molecule has 312 valence electrons. The molecule has 2 nitrogen and oxygen atoms in total. The summed E-state index contributed by atoms with van der Waals surface area (Å²) in [7, 11) is 0. The van der Waals surface area contributed by atoms with Crippen molar-refractivity contribution in [3.05, 3.63) is 247 Å². The Labute approximate surface area is 382 Å². The number of nitrogens with zero attached hydrogens (tertiary/aromatic N) is 2. The lowest BCUT2D eigenvalue weighted by atomic mass is 9.74. The third kappa shape index (κ3) is 6.11. The molecule has 0 amide bonds. The topological polar surface area (TPSA) is 15.6 Å². The number of rotatable bonds is 5. The number of para-hydroxylation sites is 1. The van der Waals surface area contributed by atoms with Gasteiger partial charge in [0.25, 0.3) is 0 Å². The SMILES string of the molecule is C=C1/C=C\C=C/N(c2ccccc2)/C(c2ccc(-c3ccc4c(-c5ccc6c(c5)C(C)(C)C5C=CC=CC65)c5ccccc5c(-c5ccc6c(c5)C(C)(C)c5ccccc5-6)c4c3)cc2)=N\1. The van der Waals surface area contributed by atoms with Crippen LogP contribution < -0.4 is 4.90 Å². The third-order valence-corrected chi connectivity index (χ3v) is 14.9. The molecule has 65 heavy (non-hydrogen) atoms. The molecule has 0 aromatic heterocycles. The number of hydrogen-bond acceptors (Lipinski definition) is 2. The van der Waals surface area contributed by atoms with Gasteiger partial charge in [0.05, 0.1) is 5.70 Å². The summed E-state index contributed by atoms with van der Waals surface area (Å²) < 4.78 is 0. The van der Waals surface area contributed by atoms with Crippen LogP contribution in [0.3, 0.4) is 0 Å². The number of aliphatic imine (C=N–C) groups is 1. The van der Waals surface area contributed by atoms with E-state index in [0.29, 0.717) is 17.5 Å². The highest BCUT2D eigenvalue weighted by Crippen LogP contribution is 2.55. The van der Waals surface area contributed by atoms with E-state index in [1.165, 1.54) is 82.7 Å². The lowest BCUT2D eigenvalue weighted by Crippen LogP contribution is -2.26. The molecule has 8 aromatic carbocycles. The van der Waals surface area contributed by atoms with E-state index in [0.717, 1.165) is 22.6 Å². The van der Waals surface area contributed by atoms with Gasteiger partial charge in [0.1, 0.15) is 5.84 Å². The summed E-state index contributed by atoms with van der Waals surface area (Å²) in [5, 5.41) is 5.05. The maximum absolute atomic E-state index is 5.02. The van der Waals surface area contributed by atoms with Crippen LogP contribution in [0.1, 0.15) is 61.4 Å².